The fourth-order valence-electron chi connectivity index (χ4n) is 2.11. The third-order valence-electron chi connectivity index (χ3n) is 3.36. The largest absolute Gasteiger partial charge is 0.320 e. The standard InChI is InChI=1S/C16H21BrN4O.ClH/c1-4-18-9-11-7-5-6-8-12(11)19-16(22)15-13(17)14(10(2)3)20-21-15;/h5-8,10,18H,4,9H2,1-3H3,(H,19,22)(H,20,21);1H. The van der Waals surface area contributed by atoms with E-state index in [1.165, 1.54) is 0 Å². The highest BCUT2D eigenvalue weighted by Crippen LogP contribution is 2.26. The van der Waals surface area contributed by atoms with Crippen molar-refractivity contribution in [1.29, 1.82) is 0 Å². The van der Waals surface area contributed by atoms with Gasteiger partial charge in [0.25, 0.3) is 5.91 Å². The van der Waals surface area contributed by atoms with Crippen LogP contribution in [-0.4, -0.2) is 22.6 Å². The molecule has 0 aliphatic rings. The molecule has 3 N–H and O–H groups in total. The molecule has 0 aliphatic carbocycles. The Hall–Kier alpha value is -1.37. The molecule has 1 aromatic heterocycles. The molecule has 1 aromatic carbocycles. The molecule has 0 saturated carbocycles. The summed E-state index contributed by atoms with van der Waals surface area (Å²) in [5.74, 6) is 0.0449. The Labute approximate surface area is 151 Å². The van der Waals surface area contributed by atoms with Crippen molar-refractivity contribution in [3.8, 4) is 0 Å². The SMILES string of the molecule is CCNCc1ccccc1NC(=O)c1n[nH]c(C(C)C)c1Br.Cl. The number of benzene rings is 1. The van der Waals surface area contributed by atoms with Crippen molar-refractivity contribution in [3.05, 3.63) is 45.7 Å². The lowest BCUT2D eigenvalue weighted by molar-refractivity contribution is 0.102. The van der Waals surface area contributed by atoms with Crippen molar-refractivity contribution in [1.82, 2.24) is 15.5 Å². The molecule has 0 spiro atoms. The summed E-state index contributed by atoms with van der Waals surface area (Å²) >= 11 is 3.46. The zero-order valence-electron chi connectivity index (χ0n) is 13.4. The Bertz CT molecular complexity index is 657. The van der Waals surface area contributed by atoms with Gasteiger partial charge in [0, 0.05) is 12.2 Å². The number of nitrogens with one attached hydrogen (secondary N) is 3. The molecule has 0 radical (unpaired) electrons. The number of halogens is 2. The van der Waals surface area contributed by atoms with Gasteiger partial charge in [0.15, 0.2) is 5.69 Å². The quantitative estimate of drug-likeness (QED) is 0.683. The van der Waals surface area contributed by atoms with E-state index in [4.69, 9.17) is 0 Å². The molecule has 0 atom stereocenters. The van der Waals surface area contributed by atoms with E-state index >= 15 is 0 Å². The van der Waals surface area contributed by atoms with Crippen LogP contribution in [0.5, 0.6) is 0 Å². The molecule has 1 heterocycles. The van der Waals surface area contributed by atoms with Crippen LogP contribution >= 0.6 is 28.3 Å². The van der Waals surface area contributed by atoms with E-state index in [2.05, 4.69) is 43.7 Å². The van der Waals surface area contributed by atoms with Crippen LogP contribution in [0, 0.1) is 0 Å². The lowest BCUT2D eigenvalue weighted by Gasteiger charge is -2.10. The van der Waals surface area contributed by atoms with Crippen LogP contribution in [0.25, 0.3) is 0 Å². The van der Waals surface area contributed by atoms with Gasteiger partial charge in [0.05, 0.1) is 10.2 Å². The molecule has 1 amide bonds. The van der Waals surface area contributed by atoms with E-state index in [-0.39, 0.29) is 24.2 Å². The fourth-order valence-corrected chi connectivity index (χ4v) is 2.93. The number of hydrogen-bond donors (Lipinski definition) is 3. The summed E-state index contributed by atoms with van der Waals surface area (Å²) < 4.78 is 0.726. The van der Waals surface area contributed by atoms with Crippen LogP contribution < -0.4 is 10.6 Å². The van der Waals surface area contributed by atoms with Gasteiger partial charge in [-0.05, 0) is 40.0 Å². The molecule has 2 aromatic rings. The number of carbonyl (C=O) groups excluding carboxylic acids is 1. The second-order valence-electron chi connectivity index (χ2n) is 5.35. The highest BCUT2D eigenvalue weighted by atomic mass is 79.9. The van der Waals surface area contributed by atoms with Gasteiger partial charge in [0.2, 0.25) is 0 Å². The topological polar surface area (TPSA) is 69.8 Å². The molecular weight excluding hydrogens is 380 g/mol. The molecule has 2 rings (SSSR count). The maximum Gasteiger partial charge on any atom is 0.277 e. The average Bonchev–Trinajstić information content (AvgIpc) is 2.88. The predicted octanol–water partition coefficient (Wildman–Crippen LogP) is 4.08. The molecule has 0 saturated heterocycles. The monoisotopic (exact) mass is 400 g/mol. The van der Waals surface area contributed by atoms with Gasteiger partial charge in [-0.3, -0.25) is 9.89 Å². The van der Waals surface area contributed by atoms with Crippen LogP contribution in [-0.2, 0) is 6.54 Å². The summed E-state index contributed by atoms with van der Waals surface area (Å²) in [6.07, 6.45) is 0. The van der Waals surface area contributed by atoms with E-state index < -0.39 is 0 Å². The van der Waals surface area contributed by atoms with Crippen LogP contribution in [0.1, 0.15) is 48.4 Å². The molecule has 0 aliphatic heterocycles. The molecular formula is C16H22BrClN4O. The summed E-state index contributed by atoms with van der Waals surface area (Å²) in [7, 11) is 0. The highest BCUT2D eigenvalue weighted by molar-refractivity contribution is 9.10. The van der Waals surface area contributed by atoms with Gasteiger partial charge in [-0.15, -0.1) is 12.4 Å². The summed E-state index contributed by atoms with van der Waals surface area (Å²) in [5, 5.41) is 13.2. The van der Waals surface area contributed by atoms with Crippen LogP contribution in [0.15, 0.2) is 28.7 Å². The lowest BCUT2D eigenvalue weighted by atomic mass is 10.1. The number of H-pyrrole nitrogens is 1. The summed E-state index contributed by atoms with van der Waals surface area (Å²) in [5.41, 5.74) is 3.15. The Morgan fingerprint density at radius 1 is 1.35 bits per heavy atom. The molecule has 126 valence electrons. The second-order valence-corrected chi connectivity index (χ2v) is 6.14. The fraction of sp³-hybridized carbons (Fsp3) is 0.375. The van der Waals surface area contributed by atoms with Gasteiger partial charge in [-0.1, -0.05) is 39.0 Å². The van der Waals surface area contributed by atoms with Gasteiger partial charge >= 0.3 is 0 Å². The number of hydrogen-bond acceptors (Lipinski definition) is 3. The smallest absolute Gasteiger partial charge is 0.277 e. The highest BCUT2D eigenvalue weighted by Gasteiger charge is 2.19. The van der Waals surface area contributed by atoms with Crippen molar-refractivity contribution < 1.29 is 4.79 Å². The van der Waals surface area contributed by atoms with Crippen molar-refractivity contribution in [2.75, 3.05) is 11.9 Å². The van der Waals surface area contributed by atoms with E-state index in [1.54, 1.807) is 0 Å². The minimum atomic E-state index is -0.223. The third kappa shape index (κ3) is 4.80. The molecule has 23 heavy (non-hydrogen) atoms. The van der Waals surface area contributed by atoms with Gasteiger partial charge < -0.3 is 10.6 Å². The number of amides is 1. The predicted molar refractivity (Wildman–Crippen MR) is 99.4 cm³/mol. The van der Waals surface area contributed by atoms with E-state index in [1.807, 2.05) is 38.1 Å². The van der Waals surface area contributed by atoms with Crippen LogP contribution in [0.3, 0.4) is 0 Å². The summed E-state index contributed by atoms with van der Waals surface area (Å²) in [6.45, 7) is 7.74. The average molecular weight is 402 g/mol. The Kier molecular flexibility index (Phi) is 7.75. The third-order valence-corrected chi connectivity index (χ3v) is 4.16. The van der Waals surface area contributed by atoms with Crippen molar-refractivity contribution in [3.63, 3.8) is 0 Å². The van der Waals surface area contributed by atoms with E-state index in [0.29, 0.717) is 12.2 Å². The van der Waals surface area contributed by atoms with Crippen LogP contribution in [0.2, 0.25) is 0 Å². The minimum absolute atomic E-state index is 0. The molecule has 7 heteroatoms. The van der Waals surface area contributed by atoms with Crippen molar-refractivity contribution in [2.24, 2.45) is 0 Å². The number of anilines is 1. The number of nitrogens with zero attached hydrogens (tertiary/aromatic N) is 1. The first kappa shape index (κ1) is 19.7. The molecule has 0 bridgehead atoms. The van der Waals surface area contributed by atoms with Gasteiger partial charge in [0.1, 0.15) is 0 Å². The number of aromatic nitrogens is 2. The van der Waals surface area contributed by atoms with Crippen molar-refractivity contribution in [2.45, 2.75) is 33.2 Å². The Morgan fingerprint density at radius 2 is 2.04 bits per heavy atom. The maximum atomic E-state index is 12.5. The molecule has 5 nitrogen and oxygen atoms in total. The number of aromatic amines is 1. The van der Waals surface area contributed by atoms with Gasteiger partial charge in [-0.25, -0.2) is 0 Å². The first-order chi connectivity index (χ1) is 10.5. The van der Waals surface area contributed by atoms with Gasteiger partial charge in [-0.2, -0.15) is 5.10 Å². The first-order valence-electron chi connectivity index (χ1n) is 7.38. The van der Waals surface area contributed by atoms with E-state index in [0.717, 1.165) is 28.0 Å². The zero-order chi connectivity index (χ0) is 16.1. The maximum absolute atomic E-state index is 12.5. The Balaban J connectivity index is 0.00000264. The summed E-state index contributed by atoms with van der Waals surface area (Å²) in [6, 6.07) is 7.76. The normalized spacial score (nSPS) is 10.5. The van der Waals surface area contributed by atoms with Crippen molar-refractivity contribution >= 4 is 39.9 Å². The molecule has 0 fully saturated rings. The van der Waals surface area contributed by atoms with E-state index in [9.17, 15) is 4.79 Å². The first-order valence-corrected chi connectivity index (χ1v) is 8.17. The number of para-hydroxylation sites is 1. The zero-order valence-corrected chi connectivity index (χ0v) is 15.8. The minimum Gasteiger partial charge on any atom is -0.320 e. The van der Waals surface area contributed by atoms with Crippen LogP contribution in [0.4, 0.5) is 5.69 Å². The number of rotatable bonds is 6. The summed E-state index contributed by atoms with van der Waals surface area (Å²) in [4.78, 5) is 12.5. The Morgan fingerprint density at radius 3 is 2.65 bits per heavy atom. The second kappa shape index (κ2) is 9.05. The number of carbonyl (C=O) groups is 1. The lowest BCUT2D eigenvalue weighted by Crippen LogP contribution is -2.17. The molecule has 0 unspecified atom stereocenters.